The van der Waals surface area contributed by atoms with Gasteiger partial charge < -0.3 is 5.32 Å². The minimum Gasteiger partial charge on any atom is -0.319 e. The first kappa shape index (κ1) is 10.1. The lowest BCUT2D eigenvalue weighted by molar-refractivity contribution is 0.297. The highest BCUT2D eigenvalue weighted by Gasteiger charge is 2.26. The predicted molar refractivity (Wildman–Crippen MR) is 60.7 cm³/mol. The van der Waals surface area contributed by atoms with E-state index in [9.17, 15) is 0 Å². The molecule has 0 amide bonds. The van der Waals surface area contributed by atoms with E-state index in [4.69, 9.17) is 0 Å². The fourth-order valence-corrected chi connectivity index (χ4v) is 3.13. The molecule has 0 aromatic carbocycles. The average Bonchev–Trinajstić information content (AvgIpc) is 2.72. The number of hydrogen-bond donors (Lipinski definition) is 1. The van der Waals surface area contributed by atoms with Gasteiger partial charge in [0.2, 0.25) is 0 Å². The molecule has 0 bridgehead atoms. The zero-order valence-electron chi connectivity index (χ0n) is 8.70. The first-order valence-corrected chi connectivity index (χ1v) is 6.39. The van der Waals surface area contributed by atoms with Crippen molar-refractivity contribution in [1.82, 2.24) is 10.3 Å². The first-order chi connectivity index (χ1) is 6.92. The summed E-state index contributed by atoms with van der Waals surface area (Å²) in [6.45, 7) is 1.14. The summed E-state index contributed by atoms with van der Waals surface area (Å²) in [5.74, 6) is 1.51. The molecule has 3 heteroatoms. The van der Waals surface area contributed by atoms with Crippen LogP contribution in [0.25, 0.3) is 0 Å². The molecule has 2 nitrogen and oxygen atoms in total. The smallest absolute Gasteiger partial charge is 0.0794 e. The van der Waals surface area contributed by atoms with Crippen molar-refractivity contribution < 1.29 is 0 Å². The first-order valence-electron chi connectivity index (χ1n) is 5.44. The van der Waals surface area contributed by atoms with Crippen molar-refractivity contribution in [3.63, 3.8) is 0 Å². The van der Waals surface area contributed by atoms with Crippen LogP contribution in [0.5, 0.6) is 0 Å². The minimum absolute atomic E-state index is 0.711. The van der Waals surface area contributed by atoms with Gasteiger partial charge in [-0.05, 0) is 32.4 Å². The second kappa shape index (κ2) is 4.89. The van der Waals surface area contributed by atoms with Crippen LogP contribution in [0.4, 0.5) is 0 Å². The molecule has 1 N–H and O–H groups in total. The SMILES string of the molecule is CNCC1CCCCC1c1cscn1. The molecule has 0 aliphatic heterocycles. The second-order valence-corrected chi connectivity index (χ2v) is 4.84. The summed E-state index contributed by atoms with van der Waals surface area (Å²) in [5.41, 5.74) is 3.29. The van der Waals surface area contributed by atoms with Crippen LogP contribution in [-0.4, -0.2) is 18.6 Å². The maximum atomic E-state index is 4.46. The fraction of sp³-hybridized carbons (Fsp3) is 0.727. The van der Waals surface area contributed by atoms with Crippen LogP contribution >= 0.6 is 11.3 Å². The van der Waals surface area contributed by atoms with Gasteiger partial charge in [0.15, 0.2) is 0 Å². The van der Waals surface area contributed by atoms with E-state index in [1.54, 1.807) is 11.3 Å². The molecule has 0 radical (unpaired) electrons. The Labute approximate surface area is 89.8 Å². The van der Waals surface area contributed by atoms with Crippen LogP contribution in [0, 0.1) is 5.92 Å². The van der Waals surface area contributed by atoms with Gasteiger partial charge in [-0.3, -0.25) is 0 Å². The lowest BCUT2D eigenvalue weighted by atomic mass is 9.78. The standard InChI is InChI=1S/C11H18N2S/c1-12-6-9-4-2-3-5-10(9)11-7-14-8-13-11/h7-10,12H,2-6H2,1H3. The molecule has 0 saturated heterocycles. The number of nitrogens with zero attached hydrogens (tertiary/aromatic N) is 1. The summed E-state index contributed by atoms with van der Waals surface area (Å²) in [4.78, 5) is 4.46. The Balaban J connectivity index is 2.06. The Morgan fingerprint density at radius 3 is 3.07 bits per heavy atom. The van der Waals surface area contributed by atoms with Crippen LogP contribution in [0.3, 0.4) is 0 Å². The van der Waals surface area contributed by atoms with E-state index in [0.29, 0.717) is 5.92 Å². The normalized spacial score (nSPS) is 27.8. The van der Waals surface area contributed by atoms with Crippen molar-refractivity contribution >= 4 is 11.3 Å². The number of aromatic nitrogens is 1. The third-order valence-corrected chi connectivity index (χ3v) is 3.81. The molecule has 2 rings (SSSR count). The lowest BCUT2D eigenvalue weighted by Crippen LogP contribution is -2.27. The molecule has 1 aliphatic carbocycles. The van der Waals surface area contributed by atoms with Gasteiger partial charge in [0.1, 0.15) is 0 Å². The summed E-state index contributed by atoms with van der Waals surface area (Å²) in [5, 5.41) is 5.53. The van der Waals surface area contributed by atoms with Crippen molar-refractivity contribution in [2.75, 3.05) is 13.6 Å². The molecule has 14 heavy (non-hydrogen) atoms. The van der Waals surface area contributed by atoms with Gasteiger partial charge in [-0.2, -0.15) is 0 Å². The molecule has 1 aromatic rings. The average molecular weight is 210 g/mol. The fourth-order valence-electron chi connectivity index (χ4n) is 2.51. The highest BCUT2D eigenvalue weighted by atomic mass is 32.1. The summed E-state index contributed by atoms with van der Waals surface area (Å²) in [6, 6.07) is 0. The van der Waals surface area contributed by atoms with Crippen LogP contribution in [-0.2, 0) is 0 Å². The molecule has 1 aliphatic rings. The van der Waals surface area contributed by atoms with Crippen molar-refractivity contribution in [2.24, 2.45) is 5.92 Å². The van der Waals surface area contributed by atoms with Gasteiger partial charge in [-0.25, -0.2) is 4.98 Å². The zero-order chi connectivity index (χ0) is 9.80. The Hall–Kier alpha value is -0.410. The highest BCUT2D eigenvalue weighted by Crippen LogP contribution is 2.36. The van der Waals surface area contributed by atoms with E-state index in [2.05, 4.69) is 15.7 Å². The maximum Gasteiger partial charge on any atom is 0.0794 e. The third-order valence-electron chi connectivity index (χ3n) is 3.21. The van der Waals surface area contributed by atoms with Crippen LogP contribution in [0.1, 0.15) is 37.3 Å². The van der Waals surface area contributed by atoms with Gasteiger partial charge in [0, 0.05) is 11.3 Å². The van der Waals surface area contributed by atoms with Gasteiger partial charge in [0.05, 0.1) is 11.2 Å². The van der Waals surface area contributed by atoms with Crippen molar-refractivity contribution in [1.29, 1.82) is 0 Å². The summed E-state index contributed by atoms with van der Waals surface area (Å²) < 4.78 is 0. The van der Waals surface area contributed by atoms with Crippen molar-refractivity contribution in [2.45, 2.75) is 31.6 Å². The van der Waals surface area contributed by atoms with Gasteiger partial charge in [-0.15, -0.1) is 11.3 Å². The van der Waals surface area contributed by atoms with E-state index in [1.165, 1.54) is 31.4 Å². The quantitative estimate of drug-likeness (QED) is 0.829. The number of thiazole rings is 1. The molecule has 1 saturated carbocycles. The van der Waals surface area contributed by atoms with Crippen LogP contribution < -0.4 is 5.32 Å². The van der Waals surface area contributed by atoms with E-state index < -0.39 is 0 Å². The number of hydrogen-bond acceptors (Lipinski definition) is 3. The molecule has 78 valence electrons. The maximum absolute atomic E-state index is 4.46. The van der Waals surface area contributed by atoms with E-state index >= 15 is 0 Å². The molecule has 1 aromatic heterocycles. The van der Waals surface area contributed by atoms with E-state index in [-0.39, 0.29) is 0 Å². The van der Waals surface area contributed by atoms with Crippen LogP contribution in [0.15, 0.2) is 10.9 Å². The second-order valence-electron chi connectivity index (χ2n) is 4.12. The lowest BCUT2D eigenvalue weighted by Gasteiger charge is -2.30. The predicted octanol–water partition coefficient (Wildman–Crippen LogP) is 2.64. The third kappa shape index (κ3) is 2.15. The van der Waals surface area contributed by atoms with E-state index in [0.717, 1.165) is 12.5 Å². The Morgan fingerprint density at radius 1 is 1.50 bits per heavy atom. The van der Waals surface area contributed by atoms with E-state index in [1.807, 2.05) is 12.6 Å². The van der Waals surface area contributed by atoms with Crippen molar-refractivity contribution in [3.05, 3.63) is 16.6 Å². The van der Waals surface area contributed by atoms with Gasteiger partial charge >= 0.3 is 0 Å². The Bertz CT molecular complexity index is 256. The molecular formula is C11H18N2S. The molecule has 1 fully saturated rings. The molecule has 2 atom stereocenters. The Kier molecular flexibility index (Phi) is 3.54. The molecule has 1 heterocycles. The molecule has 2 unspecified atom stereocenters. The zero-order valence-corrected chi connectivity index (χ0v) is 9.52. The van der Waals surface area contributed by atoms with Crippen LogP contribution in [0.2, 0.25) is 0 Å². The number of nitrogens with one attached hydrogen (secondary N) is 1. The number of rotatable bonds is 3. The molecule has 0 spiro atoms. The summed E-state index contributed by atoms with van der Waals surface area (Å²) >= 11 is 1.72. The summed E-state index contributed by atoms with van der Waals surface area (Å²) in [6.07, 6.45) is 5.47. The van der Waals surface area contributed by atoms with Gasteiger partial charge in [-0.1, -0.05) is 12.8 Å². The Morgan fingerprint density at radius 2 is 2.36 bits per heavy atom. The largest absolute Gasteiger partial charge is 0.319 e. The highest BCUT2D eigenvalue weighted by molar-refractivity contribution is 7.07. The summed E-state index contributed by atoms with van der Waals surface area (Å²) in [7, 11) is 2.05. The monoisotopic (exact) mass is 210 g/mol. The molecular weight excluding hydrogens is 192 g/mol. The topological polar surface area (TPSA) is 24.9 Å². The minimum atomic E-state index is 0.711. The van der Waals surface area contributed by atoms with Crippen molar-refractivity contribution in [3.8, 4) is 0 Å². The van der Waals surface area contributed by atoms with Gasteiger partial charge in [0.25, 0.3) is 0 Å².